The quantitative estimate of drug-likeness (QED) is 0.723. The zero-order chi connectivity index (χ0) is 16.8. The van der Waals surface area contributed by atoms with E-state index < -0.39 is 15.6 Å². The van der Waals surface area contributed by atoms with Gasteiger partial charge < -0.3 is 11.5 Å². The van der Waals surface area contributed by atoms with E-state index in [2.05, 4.69) is 0 Å². The van der Waals surface area contributed by atoms with Crippen LogP contribution in [0.1, 0.15) is 19.4 Å². The molecule has 1 heterocycles. The first kappa shape index (κ1) is 15.6. The topological polar surface area (TPSA) is 91.1 Å². The van der Waals surface area contributed by atoms with Gasteiger partial charge in [-0.05, 0) is 49.7 Å². The van der Waals surface area contributed by atoms with Crippen molar-refractivity contribution in [2.75, 3.05) is 5.73 Å². The molecule has 0 unspecified atom stereocenters. The molecule has 0 amide bonds. The van der Waals surface area contributed by atoms with E-state index in [-0.39, 0.29) is 4.90 Å². The fraction of sp³-hybridized carbons (Fsp3) is 0.176. The highest BCUT2D eigenvalue weighted by atomic mass is 32.2. The molecular formula is C17H19N3O2S. The Morgan fingerprint density at radius 3 is 2.22 bits per heavy atom. The summed E-state index contributed by atoms with van der Waals surface area (Å²) in [7, 11) is -3.72. The van der Waals surface area contributed by atoms with Crippen molar-refractivity contribution in [2.45, 2.75) is 24.3 Å². The molecule has 3 rings (SSSR count). The van der Waals surface area contributed by atoms with E-state index in [0.29, 0.717) is 11.2 Å². The number of nitrogens with two attached hydrogens (primary N) is 2. The van der Waals surface area contributed by atoms with E-state index in [1.807, 2.05) is 32.0 Å². The second-order valence-corrected chi connectivity index (χ2v) is 7.97. The molecule has 0 radical (unpaired) electrons. The minimum Gasteiger partial charge on any atom is -0.399 e. The van der Waals surface area contributed by atoms with Gasteiger partial charge in [0.15, 0.2) is 0 Å². The molecular weight excluding hydrogens is 310 g/mol. The molecule has 5 nitrogen and oxygen atoms in total. The maximum atomic E-state index is 13.0. The molecule has 0 fully saturated rings. The monoisotopic (exact) mass is 329 g/mol. The number of anilines is 1. The summed E-state index contributed by atoms with van der Waals surface area (Å²) in [5.41, 5.74) is 13.1. The first-order valence-corrected chi connectivity index (χ1v) is 8.66. The summed E-state index contributed by atoms with van der Waals surface area (Å²) in [6.07, 6.45) is 1.61. The molecule has 120 valence electrons. The summed E-state index contributed by atoms with van der Waals surface area (Å²) in [5, 5.41) is 0.832. The lowest BCUT2D eigenvalue weighted by atomic mass is 9.95. The number of nitrogen functional groups attached to an aromatic ring is 1. The third-order valence-corrected chi connectivity index (χ3v) is 5.50. The average molecular weight is 329 g/mol. The molecule has 0 saturated carbocycles. The zero-order valence-corrected chi connectivity index (χ0v) is 13.8. The summed E-state index contributed by atoms with van der Waals surface area (Å²) in [6, 6.07) is 13.5. The minimum atomic E-state index is -3.72. The van der Waals surface area contributed by atoms with Crippen molar-refractivity contribution in [3.63, 3.8) is 0 Å². The molecule has 0 aliphatic carbocycles. The van der Waals surface area contributed by atoms with E-state index in [0.717, 1.165) is 10.9 Å². The molecule has 0 atom stereocenters. The van der Waals surface area contributed by atoms with Crippen LogP contribution in [0.4, 0.5) is 5.69 Å². The highest BCUT2D eigenvalue weighted by molar-refractivity contribution is 7.90. The van der Waals surface area contributed by atoms with Crippen LogP contribution in [0, 0.1) is 0 Å². The van der Waals surface area contributed by atoms with Gasteiger partial charge in [0, 0.05) is 22.8 Å². The summed E-state index contributed by atoms with van der Waals surface area (Å²) in [4.78, 5) is 0.189. The van der Waals surface area contributed by atoms with Crippen molar-refractivity contribution < 1.29 is 8.42 Å². The Morgan fingerprint density at radius 1 is 1.00 bits per heavy atom. The fourth-order valence-corrected chi connectivity index (χ4v) is 3.99. The Kier molecular flexibility index (Phi) is 3.46. The summed E-state index contributed by atoms with van der Waals surface area (Å²) in [6.45, 7) is 3.71. The van der Waals surface area contributed by atoms with Crippen LogP contribution in [0.3, 0.4) is 0 Å². The van der Waals surface area contributed by atoms with E-state index >= 15 is 0 Å². The maximum absolute atomic E-state index is 13.0. The first-order chi connectivity index (χ1) is 10.7. The number of para-hydroxylation sites is 1. The van der Waals surface area contributed by atoms with Crippen LogP contribution in [0.5, 0.6) is 0 Å². The first-order valence-electron chi connectivity index (χ1n) is 7.22. The van der Waals surface area contributed by atoms with Gasteiger partial charge in [-0.2, -0.15) is 0 Å². The lowest BCUT2D eigenvalue weighted by Crippen LogP contribution is -2.28. The number of aromatic nitrogens is 1. The third-order valence-electron chi connectivity index (χ3n) is 3.81. The van der Waals surface area contributed by atoms with Gasteiger partial charge in [0.05, 0.1) is 10.4 Å². The van der Waals surface area contributed by atoms with Crippen LogP contribution in [0.25, 0.3) is 10.9 Å². The van der Waals surface area contributed by atoms with Gasteiger partial charge in [-0.3, -0.25) is 0 Å². The van der Waals surface area contributed by atoms with Crippen molar-refractivity contribution in [3.8, 4) is 0 Å². The van der Waals surface area contributed by atoms with Crippen molar-refractivity contribution in [2.24, 2.45) is 5.73 Å². The van der Waals surface area contributed by atoms with E-state index in [1.165, 1.54) is 16.1 Å². The molecule has 4 N–H and O–H groups in total. The molecule has 23 heavy (non-hydrogen) atoms. The smallest absolute Gasteiger partial charge is 0.268 e. The van der Waals surface area contributed by atoms with E-state index in [4.69, 9.17) is 11.5 Å². The fourth-order valence-electron chi connectivity index (χ4n) is 2.62. The molecule has 3 aromatic rings. The lowest BCUT2D eigenvalue weighted by Gasteiger charge is -2.17. The van der Waals surface area contributed by atoms with Crippen LogP contribution in [0.2, 0.25) is 0 Å². The lowest BCUT2D eigenvalue weighted by molar-refractivity contribution is 0.557. The predicted octanol–water partition coefficient (Wildman–Crippen LogP) is 2.65. The highest BCUT2D eigenvalue weighted by Crippen LogP contribution is 2.31. The molecule has 0 aliphatic rings. The average Bonchev–Trinajstić information content (AvgIpc) is 2.88. The Balaban J connectivity index is 2.30. The standard InChI is InChI=1S/C17H19N3O2S/c1-17(2,19)15-11-20(16-6-4-3-5-14(15)16)23(21,22)13-9-7-12(18)8-10-13/h3-11H,18-19H2,1-2H3. The molecule has 2 aromatic carbocycles. The maximum Gasteiger partial charge on any atom is 0.268 e. The Labute approximate surface area is 135 Å². The summed E-state index contributed by atoms with van der Waals surface area (Å²) >= 11 is 0. The van der Waals surface area contributed by atoms with Crippen LogP contribution in [-0.4, -0.2) is 12.4 Å². The van der Waals surface area contributed by atoms with Gasteiger partial charge in [0.25, 0.3) is 10.0 Å². The second kappa shape index (κ2) is 5.11. The van der Waals surface area contributed by atoms with E-state index in [1.54, 1.807) is 24.4 Å². The Hall–Kier alpha value is -2.31. The third kappa shape index (κ3) is 2.60. The van der Waals surface area contributed by atoms with E-state index in [9.17, 15) is 8.42 Å². The SMILES string of the molecule is CC(C)(N)c1cn(S(=O)(=O)c2ccc(N)cc2)c2ccccc12. The van der Waals surface area contributed by atoms with Gasteiger partial charge in [0.1, 0.15) is 0 Å². The van der Waals surface area contributed by atoms with Crippen LogP contribution >= 0.6 is 0 Å². The Morgan fingerprint density at radius 2 is 1.61 bits per heavy atom. The molecule has 0 aliphatic heterocycles. The van der Waals surface area contributed by atoms with Crippen LogP contribution in [0.15, 0.2) is 59.6 Å². The molecule has 6 heteroatoms. The normalized spacial score (nSPS) is 12.7. The van der Waals surface area contributed by atoms with Gasteiger partial charge in [-0.25, -0.2) is 12.4 Å². The zero-order valence-electron chi connectivity index (χ0n) is 13.0. The number of rotatable bonds is 3. The minimum absolute atomic E-state index is 0.189. The summed E-state index contributed by atoms with van der Waals surface area (Å²) in [5.74, 6) is 0. The number of nitrogens with zero attached hydrogens (tertiary/aromatic N) is 1. The largest absolute Gasteiger partial charge is 0.399 e. The van der Waals surface area contributed by atoms with Crippen LogP contribution < -0.4 is 11.5 Å². The van der Waals surface area contributed by atoms with Gasteiger partial charge >= 0.3 is 0 Å². The predicted molar refractivity (Wildman–Crippen MR) is 92.6 cm³/mol. The highest BCUT2D eigenvalue weighted by Gasteiger charge is 2.26. The van der Waals surface area contributed by atoms with Crippen LogP contribution in [-0.2, 0) is 15.6 Å². The molecule has 0 bridgehead atoms. The number of hydrogen-bond acceptors (Lipinski definition) is 4. The Bertz CT molecular complexity index is 965. The van der Waals surface area contributed by atoms with Gasteiger partial charge in [-0.1, -0.05) is 18.2 Å². The summed E-state index contributed by atoms with van der Waals surface area (Å²) < 4.78 is 27.3. The number of hydrogen-bond donors (Lipinski definition) is 2. The van der Waals surface area contributed by atoms with Crippen molar-refractivity contribution in [1.29, 1.82) is 0 Å². The van der Waals surface area contributed by atoms with Crippen molar-refractivity contribution in [3.05, 3.63) is 60.3 Å². The van der Waals surface area contributed by atoms with Gasteiger partial charge in [0.2, 0.25) is 0 Å². The van der Waals surface area contributed by atoms with Gasteiger partial charge in [-0.15, -0.1) is 0 Å². The van der Waals surface area contributed by atoms with Crippen molar-refractivity contribution >= 4 is 26.6 Å². The molecule has 0 saturated heterocycles. The second-order valence-electron chi connectivity index (χ2n) is 6.15. The molecule has 1 aromatic heterocycles. The number of fused-ring (bicyclic) bond motifs is 1. The van der Waals surface area contributed by atoms with Crippen molar-refractivity contribution in [1.82, 2.24) is 3.97 Å². The number of benzene rings is 2. The molecule has 0 spiro atoms.